The fourth-order valence-corrected chi connectivity index (χ4v) is 6.35. The quantitative estimate of drug-likeness (QED) is 0.464. The lowest BCUT2D eigenvalue weighted by Crippen LogP contribution is -2.49. The molecule has 204 valence electrons. The van der Waals surface area contributed by atoms with E-state index in [0.29, 0.717) is 48.7 Å². The molecule has 0 saturated carbocycles. The van der Waals surface area contributed by atoms with Gasteiger partial charge in [-0.25, -0.2) is 12.8 Å². The molecule has 2 heterocycles. The topological polar surface area (TPSA) is 108 Å². The Kier molecular flexibility index (Phi) is 7.42. The van der Waals surface area contributed by atoms with Gasteiger partial charge >= 0.3 is 0 Å². The maximum atomic E-state index is 13.2. The first-order chi connectivity index (χ1) is 18.7. The van der Waals surface area contributed by atoms with E-state index < -0.39 is 33.4 Å². The van der Waals surface area contributed by atoms with E-state index in [-0.39, 0.29) is 11.7 Å². The van der Waals surface area contributed by atoms with Crippen molar-refractivity contribution in [2.24, 2.45) is 0 Å². The van der Waals surface area contributed by atoms with Gasteiger partial charge < -0.3 is 25.2 Å². The Balaban J connectivity index is 1.20. The number of benzene rings is 3. The van der Waals surface area contributed by atoms with Crippen molar-refractivity contribution in [1.82, 2.24) is 4.90 Å². The molecule has 0 aliphatic carbocycles. The lowest BCUT2D eigenvalue weighted by Gasteiger charge is -2.36. The highest BCUT2D eigenvalue weighted by Gasteiger charge is 2.31. The third kappa shape index (κ3) is 6.14. The third-order valence-electron chi connectivity index (χ3n) is 6.90. The van der Waals surface area contributed by atoms with Crippen molar-refractivity contribution < 1.29 is 27.1 Å². The van der Waals surface area contributed by atoms with Gasteiger partial charge in [-0.2, -0.15) is 0 Å². The molecular formula is C28H29FN4O5S. The van der Waals surface area contributed by atoms with E-state index in [2.05, 4.69) is 15.5 Å². The van der Waals surface area contributed by atoms with Crippen LogP contribution in [0.3, 0.4) is 0 Å². The van der Waals surface area contributed by atoms with Crippen molar-refractivity contribution in [3.05, 3.63) is 83.7 Å². The van der Waals surface area contributed by atoms with Gasteiger partial charge in [0.15, 0.2) is 9.84 Å². The van der Waals surface area contributed by atoms with Crippen molar-refractivity contribution in [3.8, 4) is 5.75 Å². The largest absolute Gasteiger partial charge is 0.497 e. The lowest BCUT2D eigenvalue weighted by molar-refractivity contribution is -0.116. The van der Waals surface area contributed by atoms with Gasteiger partial charge in [-0.1, -0.05) is 12.1 Å². The monoisotopic (exact) mass is 552 g/mol. The zero-order valence-corrected chi connectivity index (χ0v) is 22.2. The molecule has 2 aliphatic heterocycles. The van der Waals surface area contributed by atoms with Gasteiger partial charge in [0.05, 0.1) is 30.0 Å². The normalized spacial score (nSPS) is 17.2. The summed E-state index contributed by atoms with van der Waals surface area (Å²) in [5, 5.41) is 5.72. The maximum absolute atomic E-state index is 13.2. The number of amides is 2. The van der Waals surface area contributed by atoms with Gasteiger partial charge in [-0.15, -0.1) is 0 Å². The van der Waals surface area contributed by atoms with Crippen molar-refractivity contribution in [2.45, 2.75) is 11.8 Å². The van der Waals surface area contributed by atoms with Crippen molar-refractivity contribution in [1.29, 1.82) is 0 Å². The highest BCUT2D eigenvalue weighted by atomic mass is 32.2. The number of nitrogens with one attached hydrogen (secondary N) is 2. The molecule has 2 aliphatic rings. The maximum Gasteiger partial charge on any atom is 0.254 e. The van der Waals surface area contributed by atoms with Gasteiger partial charge in [-0.05, 0) is 60.2 Å². The summed E-state index contributed by atoms with van der Waals surface area (Å²) in [4.78, 5) is 29.9. The highest BCUT2D eigenvalue weighted by molar-refractivity contribution is 7.90. The average Bonchev–Trinajstić information content (AvgIpc) is 2.94. The summed E-state index contributed by atoms with van der Waals surface area (Å²) in [6, 6.07) is 17.0. The van der Waals surface area contributed by atoms with Crippen LogP contribution in [-0.4, -0.2) is 70.2 Å². The molecule has 39 heavy (non-hydrogen) atoms. The Labute approximate surface area is 226 Å². The summed E-state index contributed by atoms with van der Waals surface area (Å²) >= 11 is 0. The first-order valence-electron chi connectivity index (χ1n) is 12.6. The molecule has 3 aromatic carbocycles. The molecular weight excluding hydrogens is 523 g/mol. The summed E-state index contributed by atoms with van der Waals surface area (Å²) in [5.74, 6) is -1.01. The van der Waals surface area contributed by atoms with Crippen LogP contribution in [-0.2, 0) is 20.4 Å². The van der Waals surface area contributed by atoms with Crippen LogP contribution in [0.1, 0.15) is 15.9 Å². The Bertz CT molecular complexity index is 1470. The second-order valence-electron chi connectivity index (χ2n) is 9.60. The minimum absolute atomic E-state index is 0.134. The standard InChI is InChI=1S/C28H29FN4O5S/c1-38-23-9-7-22(8-10-23)32-12-14-33(15-13-32)28(35)20-4-11-24-25(16-20)31-27(34)26(30-24)18-39(36,37)17-19-2-5-21(29)6-3-19/h2-11,16,26,30H,12-15,17-18H2,1H3,(H,31,34). The summed E-state index contributed by atoms with van der Waals surface area (Å²) < 4.78 is 43.7. The number of fused-ring (bicyclic) bond motifs is 1. The molecule has 2 amide bonds. The predicted octanol–water partition coefficient (Wildman–Crippen LogP) is 3.14. The van der Waals surface area contributed by atoms with Crippen LogP contribution in [0.25, 0.3) is 0 Å². The molecule has 0 bridgehead atoms. The molecule has 2 N–H and O–H groups in total. The van der Waals surface area contributed by atoms with E-state index in [0.717, 1.165) is 11.4 Å². The number of hydrogen-bond donors (Lipinski definition) is 2. The molecule has 3 aromatic rings. The van der Waals surface area contributed by atoms with Crippen LogP contribution >= 0.6 is 0 Å². The molecule has 11 heteroatoms. The van der Waals surface area contributed by atoms with Crippen molar-refractivity contribution >= 4 is 38.7 Å². The second-order valence-corrected chi connectivity index (χ2v) is 11.7. The Morgan fingerprint density at radius 1 is 0.974 bits per heavy atom. The Hall–Kier alpha value is -4.12. The van der Waals surface area contributed by atoms with E-state index in [9.17, 15) is 22.4 Å². The number of sulfone groups is 1. The van der Waals surface area contributed by atoms with Crippen molar-refractivity contribution in [2.75, 3.05) is 54.6 Å². The minimum atomic E-state index is -3.66. The van der Waals surface area contributed by atoms with E-state index in [4.69, 9.17) is 4.74 Å². The molecule has 1 fully saturated rings. The number of methoxy groups -OCH3 is 1. The summed E-state index contributed by atoms with van der Waals surface area (Å²) in [5.41, 5.74) is 2.92. The number of halogens is 1. The fourth-order valence-electron chi connectivity index (χ4n) is 4.79. The first-order valence-corrected chi connectivity index (χ1v) is 14.4. The van der Waals surface area contributed by atoms with Crippen molar-refractivity contribution in [3.63, 3.8) is 0 Å². The van der Waals surface area contributed by atoms with Gasteiger partial charge in [0, 0.05) is 37.4 Å². The number of carbonyl (C=O) groups excluding carboxylic acids is 2. The van der Waals surface area contributed by atoms with Gasteiger partial charge in [0.25, 0.3) is 5.91 Å². The minimum Gasteiger partial charge on any atom is -0.497 e. The number of carbonyl (C=O) groups is 2. The SMILES string of the molecule is COc1ccc(N2CCN(C(=O)c3ccc4c(c3)NC(=O)C(CS(=O)(=O)Cc3ccc(F)cc3)N4)CC2)cc1. The first kappa shape index (κ1) is 26.5. The molecule has 0 radical (unpaired) electrons. The Morgan fingerprint density at radius 2 is 1.67 bits per heavy atom. The molecule has 0 aromatic heterocycles. The molecule has 1 saturated heterocycles. The van der Waals surface area contributed by atoms with Crippen LogP contribution in [0.15, 0.2) is 66.7 Å². The van der Waals surface area contributed by atoms with E-state index >= 15 is 0 Å². The lowest BCUT2D eigenvalue weighted by atomic mass is 10.1. The zero-order valence-electron chi connectivity index (χ0n) is 21.4. The number of piperazine rings is 1. The highest BCUT2D eigenvalue weighted by Crippen LogP contribution is 2.29. The number of nitrogens with zero attached hydrogens (tertiary/aromatic N) is 2. The third-order valence-corrected chi connectivity index (χ3v) is 8.51. The number of anilines is 3. The molecule has 0 spiro atoms. The fraction of sp³-hybridized carbons (Fsp3) is 0.286. The summed E-state index contributed by atoms with van der Waals surface area (Å²) in [6.45, 7) is 2.49. The zero-order chi connectivity index (χ0) is 27.6. The Morgan fingerprint density at radius 3 is 2.33 bits per heavy atom. The molecule has 1 atom stereocenters. The van der Waals surface area contributed by atoms with Crippen LogP contribution in [0.5, 0.6) is 5.75 Å². The summed E-state index contributed by atoms with van der Waals surface area (Å²) in [7, 11) is -2.04. The average molecular weight is 553 g/mol. The van der Waals surface area contributed by atoms with Gasteiger partial charge in [0.2, 0.25) is 5.91 Å². The van der Waals surface area contributed by atoms with E-state index in [1.54, 1.807) is 30.2 Å². The van der Waals surface area contributed by atoms with E-state index in [1.165, 1.54) is 24.3 Å². The smallest absolute Gasteiger partial charge is 0.254 e. The number of rotatable bonds is 7. The second kappa shape index (κ2) is 10.9. The van der Waals surface area contributed by atoms with Crippen LogP contribution < -0.4 is 20.3 Å². The van der Waals surface area contributed by atoms with Crippen LogP contribution in [0.2, 0.25) is 0 Å². The van der Waals surface area contributed by atoms with Gasteiger partial charge in [0.1, 0.15) is 17.6 Å². The summed E-state index contributed by atoms with van der Waals surface area (Å²) in [6.07, 6.45) is 0. The van der Waals surface area contributed by atoms with Crippen LogP contribution in [0.4, 0.5) is 21.5 Å². The van der Waals surface area contributed by atoms with Crippen LogP contribution in [0, 0.1) is 5.82 Å². The number of ether oxygens (including phenoxy) is 1. The molecule has 9 nitrogen and oxygen atoms in total. The van der Waals surface area contributed by atoms with E-state index in [1.807, 2.05) is 24.3 Å². The predicted molar refractivity (Wildman–Crippen MR) is 147 cm³/mol. The molecule has 5 rings (SSSR count). The number of hydrogen-bond acceptors (Lipinski definition) is 7. The molecule has 1 unspecified atom stereocenters. The van der Waals surface area contributed by atoms with Gasteiger partial charge in [-0.3, -0.25) is 9.59 Å².